The van der Waals surface area contributed by atoms with Crippen LogP contribution in [0.15, 0.2) is 71.4 Å². The fourth-order valence-electron chi connectivity index (χ4n) is 7.52. The van der Waals surface area contributed by atoms with Gasteiger partial charge in [0.2, 0.25) is 0 Å². The molecule has 0 saturated carbocycles. The summed E-state index contributed by atoms with van der Waals surface area (Å²) >= 11 is 20.2. The summed E-state index contributed by atoms with van der Waals surface area (Å²) in [4.78, 5) is 29.9. The van der Waals surface area contributed by atoms with Gasteiger partial charge in [0.15, 0.2) is 0 Å². The first kappa shape index (κ1) is 49.4. The highest BCUT2D eigenvalue weighted by molar-refractivity contribution is 9.09. The molecule has 2 aromatic heterocycles. The van der Waals surface area contributed by atoms with E-state index in [4.69, 9.17) is 32.7 Å². The maximum Gasteiger partial charge on any atom is 0.311 e. The number of alkyl halides is 1. The molecule has 2 aromatic carbocycles. The first-order chi connectivity index (χ1) is 28.3. The summed E-state index contributed by atoms with van der Waals surface area (Å²) in [7, 11) is 0. The Labute approximate surface area is 380 Å². The van der Waals surface area contributed by atoms with Crippen molar-refractivity contribution in [1.29, 1.82) is 0 Å². The average molecular weight is 949 g/mol. The molecule has 0 spiro atoms. The van der Waals surface area contributed by atoms with E-state index in [0.29, 0.717) is 19.3 Å². The number of benzene rings is 2. The minimum atomic E-state index is -0.424. The van der Waals surface area contributed by atoms with E-state index in [2.05, 4.69) is 61.2 Å². The minimum Gasteiger partial charge on any atom is -0.466 e. The van der Waals surface area contributed by atoms with Crippen LogP contribution in [-0.2, 0) is 45.0 Å². The maximum atomic E-state index is 12.2. The summed E-state index contributed by atoms with van der Waals surface area (Å²) in [6.45, 7) is 16.8. The predicted molar refractivity (Wildman–Crippen MR) is 253 cm³/mol. The van der Waals surface area contributed by atoms with Crippen LogP contribution in [0, 0.1) is 10.8 Å². The largest absolute Gasteiger partial charge is 0.466 e. The smallest absolute Gasteiger partial charge is 0.311 e. The zero-order valence-electron chi connectivity index (χ0n) is 35.9. The van der Waals surface area contributed by atoms with Gasteiger partial charge in [-0.1, -0.05) is 101 Å². The lowest BCUT2D eigenvalue weighted by Gasteiger charge is -2.35. The van der Waals surface area contributed by atoms with Crippen molar-refractivity contribution < 1.29 is 19.1 Å². The van der Waals surface area contributed by atoms with Crippen molar-refractivity contribution in [3.05, 3.63) is 113 Å². The molecule has 0 bridgehead atoms. The van der Waals surface area contributed by atoms with Gasteiger partial charge in [-0.15, -0.1) is 22.7 Å². The van der Waals surface area contributed by atoms with Crippen LogP contribution in [-0.4, -0.2) is 43.1 Å². The molecule has 0 saturated heterocycles. The van der Waals surface area contributed by atoms with Crippen LogP contribution in [0.25, 0.3) is 0 Å². The molecular formula is C48H65BrCl2N2O4S2. The Kier molecular flexibility index (Phi) is 20.9. The number of carbonyl (C=O) groups excluding carboxylic acids is 2. The number of hydrogen-bond acceptors (Lipinski definition) is 8. The fourth-order valence-corrected chi connectivity index (χ4v) is 10.7. The molecule has 2 aliphatic rings. The lowest BCUT2D eigenvalue weighted by atomic mass is 9.86. The highest BCUT2D eigenvalue weighted by Crippen LogP contribution is 2.38. The minimum absolute atomic E-state index is 0.0938. The van der Waals surface area contributed by atoms with Gasteiger partial charge in [0, 0.05) is 56.8 Å². The van der Waals surface area contributed by atoms with Crippen LogP contribution in [0.1, 0.15) is 136 Å². The van der Waals surface area contributed by atoms with Crippen LogP contribution < -0.4 is 5.32 Å². The molecular weight excluding hydrogens is 883 g/mol. The average Bonchev–Trinajstić information content (AvgIpc) is 3.91. The Balaban J connectivity index is 0.000000221. The highest BCUT2D eigenvalue weighted by atomic mass is 79.9. The van der Waals surface area contributed by atoms with Gasteiger partial charge in [0.25, 0.3) is 0 Å². The highest BCUT2D eigenvalue weighted by Gasteiger charge is 2.31. The zero-order valence-corrected chi connectivity index (χ0v) is 40.7. The molecule has 2 aliphatic heterocycles. The molecule has 59 heavy (non-hydrogen) atoms. The van der Waals surface area contributed by atoms with Crippen molar-refractivity contribution in [2.24, 2.45) is 10.8 Å². The molecule has 2 atom stereocenters. The van der Waals surface area contributed by atoms with Crippen molar-refractivity contribution >= 4 is 73.7 Å². The molecule has 4 heterocycles. The molecule has 11 heteroatoms. The van der Waals surface area contributed by atoms with E-state index < -0.39 is 10.8 Å². The molecule has 1 N–H and O–H groups in total. The van der Waals surface area contributed by atoms with Crippen molar-refractivity contribution in [2.75, 3.05) is 26.3 Å². The van der Waals surface area contributed by atoms with Crippen molar-refractivity contribution in [3.63, 3.8) is 0 Å². The quantitative estimate of drug-likeness (QED) is 0.0646. The predicted octanol–water partition coefficient (Wildman–Crippen LogP) is 14.0. The number of hydrogen-bond donors (Lipinski definition) is 1. The Morgan fingerprint density at radius 2 is 1.27 bits per heavy atom. The van der Waals surface area contributed by atoms with Crippen molar-refractivity contribution in [1.82, 2.24) is 10.2 Å². The van der Waals surface area contributed by atoms with Gasteiger partial charge in [-0.05, 0) is 137 Å². The SMILES string of the molecule is CCOC(=O)C(C)(C)CCCCC(Br)c1ccccc1Cl.CCOC(=O)C(C)(C)CCCCC(c1ccccc1Cl)N1CCc2sccc2C1.c1cc2c(s1)CCNC2. The number of unbranched alkanes of at least 4 members (excludes halogenated alkanes) is 2. The summed E-state index contributed by atoms with van der Waals surface area (Å²) in [6.07, 6.45) is 10.2. The second kappa shape index (κ2) is 25.0. The van der Waals surface area contributed by atoms with E-state index in [1.807, 2.05) is 101 Å². The molecule has 324 valence electrons. The number of esters is 2. The fraction of sp³-hybridized carbons (Fsp3) is 0.542. The summed E-state index contributed by atoms with van der Waals surface area (Å²) in [6, 6.07) is 20.9. The third-order valence-corrected chi connectivity index (χ3v) is 14.8. The van der Waals surface area contributed by atoms with Crippen molar-refractivity contribution in [3.8, 4) is 0 Å². The van der Waals surface area contributed by atoms with Gasteiger partial charge in [0.1, 0.15) is 0 Å². The summed E-state index contributed by atoms with van der Waals surface area (Å²) in [5.41, 5.74) is 4.49. The monoisotopic (exact) mass is 946 g/mol. The number of halogens is 3. The third kappa shape index (κ3) is 15.6. The molecule has 0 radical (unpaired) electrons. The molecule has 6 rings (SSSR count). The van der Waals surface area contributed by atoms with E-state index in [1.165, 1.54) is 28.0 Å². The number of fused-ring (bicyclic) bond motifs is 2. The number of ether oxygens (including phenoxy) is 2. The normalized spacial score (nSPS) is 15.0. The van der Waals surface area contributed by atoms with Crippen LogP contribution in [0.3, 0.4) is 0 Å². The van der Waals surface area contributed by atoms with E-state index in [0.717, 1.165) is 99.6 Å². The Morgan fingerprint density at radius 1 is 0.746 bits per heavy atom. The molecule has 2 unspecified atom stereocenters. The Bertz CT molecular complexity index is 1860. The zero-order chi connectivity index (χ0) is 42.8. The van der Waals surface area contributed by atoms with Gasteiger partial charge in [-0.2, -0.15) is 0 Å². The number of thiophene rings is 2. The third-order valence-electron chi connectivity index (χ3n) is 11.2. The lowest BCUT2D eigenvalue weighted by molar-refractivity contribution is -0.154. The van der Waals surface area contributed by atoms with Gasteiger partial charge in [0.05, 0.1) is 24.0 Å². The van der Waals surface area contributed by atoms with Crippen molar-refractivity contribution in [2.45, 2.75) is 130 Å². The van der Waals surface area contributed by atoms with Gasteiger partial charge in [-0.25, -0.2) is 0 Å². The number of carbonyl (C=O) groups is 2. The Hall–Kier alpha value is -2.24. The second-order valence-electron chi connectivity index (χ2n) is 16.6. The number of rotatable bonds is 17. The number of nitrogens with one attached hydrogen (secondary N) is 1. The summed E-state index contributed by atoms with van der Waals surface area (Å²) in [5, 5.41) is 9.36. The van der Waals surface area contributed by atoms with E-state index in [1.54, 1.807) is 4.88 Å². The van der Waals surface area contributed by atoms with E-state index >= 15 is 0 Å². The Morgan fingerprint density at radius 3 is 1.83 bits per heavy atom. The van der Waals surface area contributed by atoms with Gasteiger partial charge in [-0.3, -0.25) is 14.5 Å². The van der Waals surface area contributed by atoms with Crippen LogP contribution in [0.2, 0.25) is 10.0 Å². The molecule has 0 amide bonds. The molecule has 4 aromatic rings. The second-order valence-corrected chi connectivity index (χ2v) is 20.5. The first-order valence-corrected chi connectivity index (χ1v) is 24.7. The van der Waals surface area contributed by atoms with E-state index in [9.17, 15) is 9.59 Å². The molecule has 0 aliphatic carbocycles. The standard InChI is InChI=1S/C24H32ClNO2S.C17H24BrClO2.C7H9NS/c1-4-28-23(27)24(2,3)14-8-7-11-21(19-9-5-6-10-20(19)25)26-15-12-22-18(17-26)13-16-29-22;1-4-21-16(20)17(2,3)12-8-7-10-14(18)13-9-5-6-11-15(13)19;1-3-8-5-6-2-4-9-7(1)6/h5-6,9-10,13,16,21H,4,7-8,11-12,14-15,17H2,1-3H3;5-6,9,11,14H,4,7-8,10,12H2,1-3H3;2,4,8H,1,3,5H2. The summed E-state index contributed by atoms with van der Waals surface area (Å²) in [5.74, 6) is -0.199. The van der Waals surface area contributed by atoms with Crippen LogP contribution in [0.4, 0.5) is 0 Å². The van der Waals surface area contributed by atoms with Crippen LogP contribution >= 0.6 is 61.8 Å². The first-order valence-electron chi connectivity index (χ1n) is 21.3. The van der Waals surface area contributed by atoms with Gasteiger partial charge < -0.3 is 14.8 Å². The van der Waals surface area contributed by atoms with Gasteiger partial charge >= 0.3 is 11.9 Å². The van der Waals surface area contributed by atoms with Crippen LogP contribution in [0.5, 0.6) is 0 Å². The van der Waals surface area contributed by atoms with E-state index in [-0.39, 0.29) is 16.8 Å². The number of nitrogens with zero attached hydrogens (tertiary/aromatic N) is 1. The maximum absolute atomic E-state index is 12.2. The molecule has 0 fully saturated rings. The topological polar surface area (TPSA) is 67.9 Å². The molecule has 6 nitrogen and oxygen atoms in total. The summed E-state index contributed by atoms with van der Waals surface area (Å²) < 4.78 is 10.3. The lowest BCUT2D eigenvalue weighted by Crippen LogP contribution is -2.33.